The molecule has 0 aliphatic carbocycles. The van der Waals surface area contributed by atoms with Gasteiger partial charge in [-0.25, -0.2) is 4.98 Å². The summed E-state index contributed by atoms with van der Waals surface area (Å²) in [7, 11) is 2.00. The van der Waals surface area contributed by atoms with Gasteiger partial charge in [0.25, 0.3) is 5.91 Å². The minimum Gasteiger partial charge on any atom is -0.359 e. The third-order valence-electron chi connectivity index (χ3n) is 4.45. The van der Waals surface area contributed by atoms with Crippen molar-refractivity contribution in [3.8, 4) is 6.07 Å². The fraction of sp³-hybridized carbons (Fsp3) is 0.375. The molecule has 1 amide bonds. The van der Waals surface area contributed by atoms with Crippen LogP contribution in [0.25, 0.3) is 0 Å². The van der Waals surface area contributed by atoms with Gasteiger partial charge in [-0.3, -0.25) is 9.48 Å². The summed E-state index contributed by atoms with van der Waals surface area (Å²) in [5, 5.41) is 13.1. The molecule has 0 atom stereocenters. The van der Waals surface area contributed by atoms with E-state index >= 15 is 0 Å². The Morgan fingerprint density at radius 2 is 2.17 bits per heavy atom. The molecule has 0 N–H and O–H groups in total. The average molecular weight is 308 g/mol. The predicted octanol–water partition coefficient (Wildman–Crippen LogP) is 0.798. The SMILES string of the molecule is CN1CCc2ccc(C(=O)N3CCn4nc(C#N)cc4C3)nc21. The first-order valence-corrected chi connectivity index (χ1v) is 7.63. The molecule has 0 saturated carbocycles. The molecule has 2 aliphatic heterocycles. The Kier molecular flexibility index (Phi) is 3.05. The third-order valence-corrected chi connectivity index (χ3v) is 4.45. The van der Waals surface area contributed by atoms with Crippen molar-refractivity contribution in [3.05, 3.63) is 40.8 Å². The Bertz CT molecular complexity index is 834. The van der Waals surface area contributed by atoms with Crippen molar-refractivity contribution in [1.82, 2.24) is 19.7 Å². The Balaban J connectivity index is 1.58. The topological polar surface area (TPSA) is 78.0 Å². The highest BCUT2D eigenvalue weighted by Gasteiger charge is 2.26. The van der Waals surface area contributed by atoms with Crippen molar-refractivity contribution >= 4 is 11.7 Å². The first kappa shape index (κ1) is 13.8. The maximum Gasteiger partial charge on any atom is 0.272 e. The fourth-order valence-electron chi connectivity index (χ4n) is 3.17. The summed E-state index contributed by atoms with van der Waals surface area (Å²) in [6.07, 6.45) is 0.979. The van der Waals surface area contributed by atoms with Gasteiger partial charge in [0.1, 0.15) is 17.6 Å². The molecule has 2 aromatic rings. The molecule has 4 rings (SSSR count). The van der Waals surface area contributed by atoms with Crippen LogP contribution in [0, 0.1) is 11.3 Å². The van der Waals surface area contributed by atoms with Gasteiger partial charge >= 0.3 is 0 Å². The van der Waals surface area contributed by atoms with Crippen LogP contribution >= 0.6 is 0 Å². The van der Waals surface area contributed by atoms with Crippen LogP contribution in [0.15, 0.2) is 18.2 Å². The molecule has 116 valence electrons. The second-order valence-corrected chi connectivity index (χ2v) is 5.93. The van der Waals surface area contributed by atoms with Crippen molar-refractivity contribution in [2.75, 3.05) is 25.0 Å². The quantitative estimate of drug-likeness (QED) is 0.778. The lowest BCUT2D eigenvalue weighted by atomic mass is 10.2. The fourth-order valence-corrected chi connectivity index (χ4v) is 3.17. The molecule has 7 heteroatoms. The standard InChI is InChI=1S/C16H16N6O/c1-20-5-4-11-2-3-14(18-15(11)20)16(23)21-6-7-22-13(10-21)8-12(9-17)19-22/h2-3,8H,4-7,10H2,1H3. The number of hydrogen-bond donors (Lipinski definition) is 0. The summed E-state index contributed by atoms with van der Waals surface area (Å²) >= 11 is 0. The molecular formula is C16H16N6O. The largest absolute Gasteiger partial charge is 0.359 e. The highest BCUT2D eigenvalue weighted by atomic mass is 16.2. The molecule has 23 heavy (non-hydrogen) atoms. The van der Waals surface area contributed by atoms with Gasteiger partial charge in [-0.2, -0.15) is 10.4 Å². The van der Waals surface area contributed by atoms with E-state index in [2.05, 4.69) is 15.0 Å². The second kappa shape index (κ2) is 5.09. The van der Waals surface area contributed by atoms with Crippen LogP contribution in [0.1, 0.15) is 27.4 Å². The number of likely N-dealkylation sites (N-methyl/N-ethyl adjacent to an activating group) is 1. The van der Waals surface area contributed by atoms with Gasteiger partial charge in [0.15, 0.2) is 5.69 Å². The van der Waals surface area contributed by atoms with Crippen LogP contribution in [0.3, 0.4) is 0 Å². The number of rotatable bonds is 1. The number of hydrogen-bond acceptors (Lipinski definition) is 5. The van der Waals surface area contributed by atoms with Crippen LogP contribution in [0.2, 0.25) is 0 Å². The predicted molar refractivity (Wildman–Crippen MR) is 82.9 cm³/mol. The van der Waals surface area contributed by atoms with E-state index in [1.165, 1.54) is 5.56 Å². The molecule has 0 spiro atoms. The van der Waals surface area contributed by atoms with Gasteiger partial charge in [0.05, 0.1) is 18.8 Å². The second-order valence-electron chi connectivity index (χ2n) is 5.93. The van der Waals surface area contributed by atoms with Gasteiger partial charge in [-0.15, -0.1) is 0 Å². The minimum absolute atomic E-state index is 0.0703. The van der Waals surface area contributed by atoms with E-state index in [1.54, 1.807) is 15.6 Å². The van der Waals surface area contributed by atoms with Crippen molar-refractivity contribution in [2.45, 2.75) is 19.5 Å². The molecule has 0 fully saturated rings. The van der Waals surface area contributed by atoms with Crippen LogP contribution in [-0.4, -0.2) is 45.7 Å². The Morgan fingerprint density at radius 1 is 1.30 bits per heavy atom. The molecule has 0 aromatic carbocycles. The summed E-state index contributed by atoms with van der Waals surface area (Å²) in [5.41, 5.74) is 2.96. The third kappa shape index (κ3) is 2.23. The number of amides is 1. The average Bonchev–Trinajstić information content (AvgIpc) is 3.16. The number of anilines is 1. The summed E-state index contributed by atoms with van der Waals surface area (Å²) in [6, 6.07) is 7.59. The van der Waals surface area contributed by atoms with Gasteiger partial charge < -0.3 is 9.80 Å². The van der Waals surface area contributed by atoms with E-state index in [9.17, 15) is 4.79 Å². The molecular weight excluding hydrogens is 292 g/mol. The molecule has 2 aliphatic rings. The van der Waals surface area contributed by atoms with Crippen LogP contribution in [0.4, 0.5) is 5.82 Å². The van der Waals surface area contributed by atoms with Gasteiger partial charge in [0.2, 0.25) is 0 Å². The molecule has 0 bridgehead atoms. The van der Waals surface area contributed by atoms with Crippen molar-refractivity contribution in [1.29, 1.82) is 5.26 Å². The van der Waals surface area contributed by atoms with Gasteiger partial charge in [-0.1, -0.05) is 6.07 Å². The van der Waals surface area contributed by atoms with Crippen LogP contribution in [0.5, 0.6) is 0 Å². The molecule has 0 saturated heterocycles. The number of fused-ring (bicyclic) bond motifs is 2. The van der Waals surface area contributed by atoms with Gasteiger partial charge in [-0.05, 0) is 24.1 Å². The highest BCUT2D eigenvalue weighted by Crippen LogP contribution is 2.25. The molecule has 2 aromatic heterocycles. The maximum atomic E-state index is 12.7. The lowest BCUT2D eigenvalue weighted by molar-refractivity contribution is 0.0700. The first-order chi connectivity index (χ1) is 11.2. The zero-order valence-corrected chi connectivity index (χ0v) is 12.9. The van der Waals surface area contributed by atoms with Gasteiger partial charge in [0, 0.05) is 20.1 Å². The zero-order valence-electron chi connectivity index (χ0n) is 12.9. The van der Waals surface area contributed by atoms with Crippen molar-refractivity contribution in [2.24, 2.45) is 0 Å². The van der Waals surface area contributed by atoms with E-state index in [0.717, 1.165) is 24.5 Å². The zero-order chi connectivity index (χ0) is 16.0. The van der Waals surface area contributed by atoms with Crippen LogP contribution in [-0.2, 0) is 19.5 Å². The molecule has 0 radical (unpaired) electrons. The first-order valence-electron chi connectivity index (χ1n) is 7.63. The summed E-state index contributed by atoms with van der Waals surface area (Å²) in [6.45, 7) is 2.59. The molecule has 4 heterocycles. The van der Waals surface area contributed by atoms with E-state index < -0.39 is 0 Å². The maximum absolute atomic E-state index is 12.7. The van der Waals surface area contributed by atoms with E-state index in [-0.39, 0.29) is 5.91 Å². The summed E-state index contributed by atoms with van der Waals surface area (Å²) in [4.78, 5) is 21.1. The van der Waals surface area contributed by atoms with E-state index in [4.69, 9.17) is 5.26 Å². The normalized spacial score (nSPS) is 16.0. The van der Waals surface area contributed by atoms with E-state index in [0.29, 0.717) is 31.0 Å². The number of carbonyl (C=O) groups excluding carboxylic acids is 1. The van der Waals surface area contributed by atoms with Crippen LogP contribution < -0.4 is 4.90 Å². The van der Waals surface area contributed by atoms with Crippen molar-refractivity contribution in [3.63, 3.8) is 0 Å². The Morgan fingerprint density at radius 3 is 3.00 bits per heavy atom. The lowest BCUT2D eigenvalue weighted by Crippen LogP contribution is -2.38. The number of nitrogens with zero attached hydrogens (tertiary/aromatic N) is 6. The highest BCUT2D eigenvalue weighted by molar-refractivity contribution is 5.93. The number of aromatic nitrogens is 3. The summed E-state index contributed by atoms with van der Waals surface area (Å²) < 4.78 is 1.80. The molecule has 0 unspecified atom stereocenters. The number of nitriles is 1. The summed E-state index contributed by atoms with van der Waals surface area (Å²) in [5.74, 6) is 0.837. The lowest BCUT2D eigenvalue weighted by Gasteiger charge is -2.27. The molecule has 7 nitrogen and oxygen atoms in total. The Hall–Kier alpha value is -2.88. The number of carbonyl (C=O) groups is 1. The minimum atomic E-state index is -0.0703. The monoisotopic (exact) mass is 308 g/mol. The van der Waals surface area contributed by atoms with E-state index in [1.807, 2.05) is 25.2 Å². The Labute approximate surface area is 133 Å². The number of pyridine rings is 1. The van der Waals surface area contributed by atoms with Crippen molar-refractivity contribution < 1.29 is 4.79 Å². The smallest absolute Gasteiger partial charge is 0.272 e.